The summed E-state index contributed by atoms with van der Waals surface area (Å²) in [6.07, 6.45) is 1.02. The van der Waals surface area contributed by atoms with Crippen LogP contribution < -0.4 is 5.32 Å². The normalized spacial score (nSPS) is 20.2. The van der Waals surface area contributed by atoms with Crippen molar-refractivity contribution in [1.82, 2.24) is 10.2 Å². The van der Waals surface area contributed by atoms with E-state index in [2.05, 4.69) is 21.9 Å². The van der Waals surface area contributed by atoms with Gasteiger partial charge in [0.1, 0.15) is 0 Å². The van der Waals surface area contributed by atoms with Crippen LogP contribution in [0.1, 0.15) is 22.8 Å². The summed E-state index contributed by atoms with van der Waals surface area (Å²) in [5.41, 5.74) is 1.88. The number of piperazine rings is 1. The van der Waals surface area contributed by atoms with Crippen molar-refractivity contribution in [3.05, 3.63) is 35.4 Å². The number of ether oxygens (including phenoxy) is 1. The molecule has 0 bridgehead atoms. The van der Waals surface area contributed by atoms with Crippen molar-refractivity contribution in [2.75, 3.05) is 33.3 Å². The van der Waals surface area contributed by atoms with Gasteiger partial charge in [-0.2, -0.15) is 0 Å². The lowest BCUT2D eigenvalue weighted by Gasteiger charge is -2.31. The minimum absolute atomic E-state index is 0.275. The molecular formula is C15H22N2O2. The number of nitrogens with one attached hydrogen (secondary N) is 1. The van der Waals surface area contributed by atoms with Crippen LogP contribution in [0.4, 0.5) is 0 Å². The molecule has 19 heavy (non-hydrogen) atoms. The molecule has 0 saturated carbocycles. The first-order valence-corrected chi connectivity index (χ1v) is 6.82. The molecule has 1 aliphatic heterocycles. The zero-order valence-electron chi connectivity index (χ0n) is 11.7. The highest BCUT2D eigenvalue weighted by molar-refractivity contribution is 5.89. The Labute approximate surface area is 114 Å². The summed E-state index contributed by atoms with van der Waals surface area (Å²) in [7, 11) is 1.40. The van der Waals surface area contributed by atoms with Gasteiger partial charge in [0.25, 0.3) is 0 Å². The van der Waals surface area contributed by atoms with Gasteiger partial charge in [0, 0.05) is 32.2 Å². The van der Waals surface area contributed by atoms with Gasteiger partial charge in [-0.05, 0) is 31.0 Å². The summed E-state index contributed by atoms with van der Waals surface area (Å²) in [5, 5.41) is 3.44. The first-order valence-electron chi connectivity index (χ1n) is 6.82. The molecule has 1 atom stereocenters. The minimum atomic E-state index is -0.275. The van der Waals surface area contributed by atoms with Gasteiger partial charge in [0.2, 0.25) is 0 Å². The number of rotatable bonds is 4. The van der Waals surface area contributed by atoms with Crippen LogP contribution >= 0.6 is 0 Å². The van der Waals surface area contributed by atoms with E-state index in [-0.39, 0.29) is 5.97 Å². The summed E-state index contributed by atoms with van der Waals surface area (Å²) in [6, 6.07) is 8.27. The zero-order valence-corrected chi connectivity index (χ0v) is 11.7. The number of carbonyl (C=O) groups excluding carboxylic acids is 1. The van der Waals surface area contributed by atoms with Crippen LogP contribution in [0.2, 0.25) is 0 Å². The minimum Gasteiger partial charge on any atom is -0.465 e. The van der Waals surface area contributed by atoms with E-state index >= 15 is 0 Å². The highest BCUT2D eigenvalue weighted by atomic mass is 16.5. The molecule has 1 saturated heterocycles. The molecule has 1 N–H and O–H groups in total. The maximum absolute atomic E-state index is 11.3. The summed E-state index contributed by atoms with van der Waals surface area (Å²) in [4.78, 5) is 13.8. The van der Waals surface area contributed by atoms with E-state index in [1.165, 1.54) is 12.7 Å². The van der Waals surface area contributed by atoms with Crippen LogP contribution in [-0.4, -0.2) is 50.2 Å². The molecule has 1 aromatic rings. The second kappa shape index (κ2) is 6.68. The van der Waals surface area contributed by atoms with E-state index in [1.54, 1.807) is 0 Å². The molecule has 0 unspecified atom stereocenters. The SMILES string of the molecule is COC(=O)c1ccc(CCN2CCN[C@@H](C)C2)cc1. The maximum Gasteiger partial charge on any atom is 0.337 e. The average molecular weight is 262 g/mol. The summed E-state index contributed by atoms with van der Waals surface area (Å²) < 4.78 is 4.69. The second-order valence-corrected chi connectivity index (χ2v) is 5.09. The maximum atomic E-state index is 11.3. The summed E-state index contributed by atoms with van der Waals surface area (Å²) in [5.74, 6) is -0.275. The molecule has 2 rings (SSSR count). The van der Waals surface area contributed by atoms with Gasteiger partial charge in [-0.1, -0.05) is 12.1 Å². The number of hydrogen-bond donors (Lipinski definition) is 1. The average Bonchev–Trinajstić information content (AvgIpc) is 2.45. The van der Waals surface area contributed by atoms with Gasteiger partial charge in [0.15, 0.2) is 0 Å². The van der Waals surface area contributed by atoms with Gasteiger partial charge in [0.05, 0.1) is 12.7 Å². The van der Waals surface area contributed by atoms with Crippen LogP contribution in [0.15, 0.2) is 24.3 Å². The first-order chi connectivity index (χ1) is 9.19. The molecule has 4 heteroatoms. The molecule has 1 heterocycles. The Morgan fingerprint density at radius 3 is 2.79 bits per heavy atom. The van der Waals surface area contributed by atoms with Crippen molar-refractivity contribution < 1.29 is 9.53 Å². The Kier molecular flexibility index (Phi) is 4.93. The van der Waals surface area contributed by atoms with E-state index in [4.69, 9.17) is 0 Å². The number of nitrogens with zero attached hydrogens (tertiary/aromatic N) is 1. The largest absolute Gasteiger partial charge is 0.465 e. The number of benzene rings is 1. The first kappa shape index (κ1) is 14.0. The van der Waals surface area contributed by atoms with Crippen molar-refractivity contribution in [2.24, 2.45) is 0 Å². The Morgan fingerprint density at radius 1 is 1.42 bits per heavy atom. The zero-order chi connectivity index (χ0) is 13.7. The van der Waals surface area contributed by atoms with E-state index in [9.17, 15) is 4.79 Å². The third-order valence-corrected chi connectivity index (χ3v) is 3.54. The molecule has 0 amide bonds. The molecule has 1 fully saturated rings. The van der Waals surface area contributed by atoms with Gasteiger partial charge >= 0.3 is 5.97 Å². The fraction of sp³-hybridized carbons (Fsp3) is 0.533. The predicted octanol–water partition coefficient (Wildman–Crippen LogP) is 1.31. The molecule has 0 aromatic heterocycles. The van der Waals surface area contributed by atoms with Crippen molar-refractivity contribution in [3.8, 4) is 0 Å². The Bertz CT molecular complexity index is 417. The lowest BCUT2D eigenvalue weighted by molar-refractivity contribution is 0.0600. The summed E-state index contributed by atoms with van der Waals surface area (Å²) in [6.45, 7) is 6.59. The Morgan fingerprint density at radius 2 is 2.16 bits per heavy atom. The van der Waals surface area contributed by atoms with Crippen molar-refractivity contribution >= 4 is 5.97 Å². The topological polar surface area (TPSA) is 41.6 Å². The fourth-order valence-corrected chi connectivity index (χ4v) is 2.43. The lowest BCUT2D eigenvalue weighted by Crippen LogP contribution is -2.49. The van der Waals surface area contributed by atoms with Crippen molar-refractivity contribution in [3.63, 3.8) is 0 Å². The number of hydrogen-bond acceptors (Lipinski definition) is 4. The van der Waals surface area contributed by atoms with E-state index in [0.29, 0.717) is 11.6 Å². The number of methoxy groups -OCH3 is 1. The molecule has 4 nitrogen and oxygen atoms in total. The molecule has 0 radical (unpaired) electrons. The highest BCUT2D eigenvalue weighted by Crippen LogP contribution is 2.08. The predicted molar refractivity (Wildman–Crippen MR) is 75.4 cm³/mol. The molecular weight excluding hydrogens is 240 g/mol. The fourth-order valence-electron chi connectivity index (χ4n) is 2.43. The third-order valence-electron chi connectivity index (χ3n) is 3.54. The van der Waals surface area contributed by atoms with Gasteiger partial charge in [-0.25, -0.2) is 4.79 Å². The quantitative estimate of drug-likeness (QED) is 0.831. The smallest absolute Gasteiger partial charge is 0.337 e. The molecule has 1 aliphatic rings. The van der Waals surface area contributed by atoms with Crippen LogP contribution in [0.3, 0.4) is 0 Å². The Balaban J connectivity index is 1.84. The molecule has 104 valence electrons. The van der Waals surface area contributed by atoms with Crippen LogP contribution in [0.5, 0.6) is 0 Å². The van der Waals surface area contributed by atoms with Gasteiger partial charge in [-0.15, -0.1) is 0 Å². The summed E-state index contributed by atoms with van der Waals surface area (Å²) >= 11 is 0. The molecule has 0 spiro atoms. The standard InChI is InChI=1S/C15H22N2O2/c1-12-11-17(10-8-16-12)9-7-13-3-5-14(6-4-13)15(18)19-2/h3-6,12,16H,7-11H2,1-2H3/t12-/m0/s1. The van der Waals surface area contributed by atoms with E-state index in [1.807, 2.05) is 24.3 Å². The van der Waals surface area contributed by atoms with Crippen molar-refractivity contribution in [1.29, 1.82) is 0 Å². The lowest BCUT2D eigenvalue weighted by atomic mass is 10.1. The van der Waals surface area contributed by atoms with E-state index < -0.39 is 0 Å². The second-order valence-electron chi connectivity index (χ2n) is 5.09. The van der Waals surface area contributed by atoms with Gasteiger partial charge in [-0.3, -0.25) is 0 Å². The van der Waals surface area contributed by atoms with Crippen LogP contribution in [-0.2, 0) is 11.2 Å². The van der Waals surface area contributed by atoms with Gasteiger partial charge < -0.3 is 15.0 Å². The van der Waals surface area contributed by atoms with Crippen molar-refractivity contribution in [2.45, 2.75) is 19.4 Å². The monoisotopic (exact) mass is 262 g/mol. The Hall–Kier alpha value is -1.39. The van der Waals surface area contributed by atoms with E-state index in [0.717, 1.165) is 32.6 Å². The number of carbonyl (C=O) groups is 1. The van der Waals surface area contributed by atoms with Crippen LogP contribution in [0, 0.1) is 0 Å². The third kappa shape index (κ3) is 4.04. The molecule has 0 aliphatic carbocycles. The molecule has 1 aromatic carbocycles. The number of esters is 1. The highest BCUT2D eigenvalue weighted by Gasteiger charge is 2.14. The van der Waals surface area contributed by atoms with Crippen LogP contribution in [0.25, 0.3) is 0 Å².